The third-order valence-corrected chi connectivity index (χ3v) is 2.50. The number of ether oxygens (including phenoxy) is 1. The second-order valence-electron chi connectivity index (χ2n) is 3.49. The van der Waals surface area contributed by atoms with E-state index >= 15 is 0 Å². The Balaban J connectivity index is 2.24. The Hall–Kier alpha value is -1.87. The standard InChI is InChI=1S/C13H10ClNO2/c1-9(16)12-5-4-10(7-13(12)14)17-11-3-2-6-15-8-11/h2-8H,1H3. The molecule has 0 saturated heterocycles. The number of Topliss-reactive ketones (excluding diaryl/α,β-unsaturated/α-hetero) is 1. The topological polar surface area (TPSA) is 39.2 Å². The van der Waals surface area contributed by atoms with Gasteiger partial charge in [0.05, 0.1) is 11.2 Å². The number of hydrogen-bond donors (Lipinski definition) is 0. The number of benzene rings is 1. The SMILES string of the molecule is CC(=O)c1ccc(Oc2cccnc2)cc1Cl. The van der Waals surface area contributed by atoms with Crippen LogP contribution in [0.5, 0.6) is 11.5 Å². The first-order valence-corrected chi connectivity index (χ1v) is 5.43. The van der Waals surface area contributed by atoms with Gasteiger partial charge in [-0.25, -0.2) is 0 Å². The predicted octanol–water partition coefficient (Wildman–Crippen LogP) is 3.73. The van der Waals surface area contributed by atoms with Gasteiger partial charge in [-0.2, -0.15) is 0 Å². The smallest absolute Gasteiger partial charge is 0.161 e. The van der Waals surface area contributed by atoms with E-state index in [0.717, 1.165) is 0 Å². The number of aromatic nitrogens is 1. The molecule has 0 bridgehead atoms. The van der Waals surface area contributed by atoms with Crippen molar-refractivity contribution in [3.05, 3.63) is 53.3 Å². The fourth-order valence-electron chi connectivity index (χ4n) is 1.39. The summed E-state index contributed by atoms with van der Waals surface area (Å²) in [5, 5.41) is 0.388. The molecule has 1 aromatic carbocycles. The van der Waals surface area contributed by atoms with Gasteiger partial charge in [0, 0.05) is 17.8 Å². The van der Waals surface area contributed by atoms with Crippen molar-refractivity contribution >= 4 is 17.4 Å². The van der Waals surface area contributed by atoms with Crippen molar-refractivity contribution < 1.29 is 9.53 Å². The van der Waals surface area contributed by atoms with Gasteiger partial charge in [0.1, 0.15) is 11.5 Å². The molecule has 0 aliphatic heterocycles. The Kier molecular flexibility index (Phi) is 3.40. The Morgan fingerprint density at radius 3 is 2.71 bits per heavy atom. The fourth-order valence-corrected chi connectivity index (χ4v) is 1.69. The Morgan fingerprint density at radius 2 is 2.12 bits per heavy atom. The van der Waals surface area contributed by atoms with E-state index < -0.39 is 0 Å². The van der Waals surface area contributed by atoms with Crippen molar-refractivity contribution in [2.24, 2.45) is 0 Å². The van der Waals surface area contributed by atoms with Crippen molar-refractivity contribution in [3.63, 3.8) is 0 Å². The van der Waals surface area contributed by atoms with Gasteiger partial charge in [0.25, 0.3) is 0 Å². The Labute approximate surface area is 104 Å². The van der Waals surface area contributed by atoms with Crippen molar-refractivity contribution in [2.45, 2.75) is 6.92 Å². The average Bonchev–Trinajstić information content (AvgIpc) is 2.30. The van der Waals surface area contributed by atoms with Crippen LogP contribution in [0, 0.1) is 0 Å². The number of carbonyl (C=O) groups excluding carboxylic acids is 1. The van der Waals surface area contributed by atoms with E-state index in [4.69, 9.17) is 16.3 Å². The van der Waals surface area contributed by atoms with E-state index in [-0.39, 0.29) is 5.78 Å². The third-order valence-electron chi connectivity index (χ3n) is 2.19. The highest BCUT2D eigenvalue weighted by atomic mass is 35.5. The first-order chi connectivity index (χ1) is 8.16. The van der Waals surface area contributed by atoms with Gasteiger partial charge in [0.15, 0.2) is 5.78 Å². The molecule has 0 spiro atoms. The molecule has 0 radical (unpaired) electrons. The van der Waals surface area contributed by atoms with Gasteiger partial charge in [-0.3, -0.25) is 9.78 Å². The molecule has 0 atom stereocenters. The molecule has 0 amide bonds. The van der Waals surface area contributed by atoms with Crippen LogP contribution in [0.4, 0.5) is 0 Å². The highest BCUT2D eigenvalue weighted by Crippen LogP contribution is 2.26. The summed E-state index contributed by atoms with van der Waals surface area (Å²) in [6.45, 7) is 1.48. The van der Waals surface area contributed by atoms with Crippen molar-refractivity contribution in [2.75, 3.05) is 0 Å². The predicted molar refractivity (Wildman–Crippen MR) is 65.8 cm³/mol. The van der Waals surface area contributed by atoms with Crippen LogP contribution in [0.25, 0.3) is 0 Å². The Morgan fingerprint density at radius 1 is 1.29 bits per heavy atom. The summed E-state index contributed by atoms with van der Waals surface area (Å²) in [6.07, 6.45) is 3.27. The van der Waals surface area contributed by atoms with Crippen LogP contribution < -0.4 is 4.74 Å². The second-order valence-corrected chi connectivity index (χ2v) is 3.90. The molecule has 3 nitrogen and oxygen atoms in total. The zero-order valence-electron chi connectivity index (χ0n) is 9.18. The van der Waals surface area contributed by atoms with Crippen LogP contribution >= 0.6 is 11.6 Å². The van der Waals surface area contributed by atoms with Gasteiger partial charge < -0.3 is 4.74 Å². The largest absolute Gasteiger partial charge is 0.456 e. The lowest BCUT2D eigenvalue weighted by atomic mass is 10.1. The molecule has 4 heteroatoms. The van der Waals surface area contributed by atoms with Crippen LogP contribution in [0.15, 0.2) is 42.7 Å². The summed E-state index contributed by atoms with van der Waals surface area (Å²) in [5.41, 5.74) is 0.491. The molecule has 0 N–H and O–H groups in total. The van der Waals surface area contributed by atoms with E-state index in [0.29, 0.717) is 22.1 Å². The van der Waals surface area contributed by atoms with Crippen LogP contribution in [-0.4, -0.2) is 10.8 Å². The van der Waals surface area contributed by atoms with Gasteiger partial charge in [-0.1, -0.05) is 11.6 Å². The number of rotatable bonds is 3. The normalized spacial score (nSPS) is 10.0. The molecule has 2 rings (SSSR count). The number of hydrogen-bond acceptors (Lipinski definition) is 3. The summed E-state index contributed by atoms with van der Waals surface area (Å²) >= 11 is 5.97. The number of carbonyl (C=O) groups is 1. The summed E-state index contributed by atoms with van der Waals surface area (Å²) in [5.74, 6) is 1.13. The van der Waals surface area contributed by atoms with E-state index in [1.807, 2.05) is 0 Å². The van der Waals surface area contributed by atoms with Gasteiger partial charge >= 0.3 is 0 Å². The molecule has 2 aromatic rings. The molecular formula is C13H10ClNO2. The highest BCUT2D eigenvalue weighted by molar-refractivity contribution is 6.34. The van der Waals surface area contributed by atoms with Gasteiger partial charge in [0.2, 0.25) is 0 Å². The minimum absolute atomic E-state index is 0.0667. The van der Waals surface area contributed by atoms with Crippen molar-refractivity contribution in [3.8, 4) is 11.5 Å². The minimum Gasteiger partial charge on any atom is -0.456 e. The number of ketones is 1. The molecule has 17 heavy (non-hydrogen) atoms. The molecular weight excluding hydrogens is 238 g/mol. The number of pyridine rings is 1. The van der Waals surface area contributed by atoms with Gasteiger partial charge in [-0.05, 0) is 31.2 Å². The molecule has 0 fully saturated rings. The maximum atomic E-state index is 11.2. The lowest BCUT2D eigenvalue weighted by Gasteiger charge is -2.06. The van der Waals surface area contributed by atoms with E-state index in [2.05, 4.69) is 4.98 Å². The maximum absolute atomic E-state index is 11.2. The molecule has 1 heterocycles. The van der Waals surface area contributed by atoms with Crippen LogP contribution in [0.3, 0.4) is 0 Å². The number of nitrogens with zero attached hydrogens (tertiary/aromatic N) is 1. The lowest BCUT2D eigenvalue weighted by Crippen LogP contribution is -1.93. The molecule has 86 valence electrons. The van der Waals surface area contributed by atoms with Crippen LogP contribution in [0.1, 0.15) is 17.3 Å². The van der Waals surface area contributed by atoms with E-state index in [1.54, 1.807) is 42.7 Å². The number of halogens is 1. The summed E-state index contributed by atoms with van der Waals surface area (Å²) in [4.78, 5) is 15.1. The monoisotopic (exact) mass is 247 g/mol. The molecule has 1 aromatic heterocycles. The van der Waals surface area contributed by atoms with E-state index in [1.165, 1.54) is 6.92 Å². The zero-order valence-corrected chi connectivity index (χ0v) is 9.94. The first kappa shape index (κ1) is 11.6. The van der Waals surface area contributed by atoms with Crippen LogP contribution in [0.2, 0.25) is 5.02 Å². The average molecular weight is 248 g/mol. The maximum Gasteiger partial charge on any atom is 0.161 e. The summed E-state index contributed by atoms with van der Waals surface area (Å²) < 4.78 is 5.54. The first-order valence-electron chi connectivity index (χ1n) is 5.05. The fraction of sp³-hybridized carbons (Fsp3) is 0.0769. The summed E-state index contributed by atoms with van der Waals surface area (Å²) in [6, 6.07) is 8.54. The van der Waals surface area contributed by atoms with Crippen LogP contribution in [-0.2, 0) is 0 Å². The van der Waals surface area contributed by atoms with Gasteiger partial charge in [-0.15, -0.1) is 0 Å². The van der Waals surface area contributed by atoms with E-state index in [9.17, 15) is 4.79 Å². The second kappa shape index (κ2) is 4.97. The highest BCUT2D eigenvalue weighted by Gasteiger charge is 2.07. The molecule has 0 aliphatic carbocycles. The molecule has 0 saturated carbocycles. The molecule has 0 aliphatic rings. The lowest BCUT2D eigenvalue weighted by molar-refractivity contribution is 0.101. The quantitative estimate of drug-likeness (QED) is 0.776. The Bertz CT molecular complexity index is 540. The van der Waals surface area contributed by atoms with Crippen molar-refractivity contribution in [1.29, 1.82) is 0 Å². The third kappa shape index (κ3) is 2.82. The zero-order chi connectivity index (χ0) is 12.3. The van der Waals surface area contributed by atoms with Crippen molar-refractivity contribution in [1.82, 2.24) is 4.98 Å². The molecule has 0 unspecified atom stereocenters. The summed E-state index contributed by atoms with van der Waals surface area (Å²) in [7, 11) is 0. The minimum atomic E-state index is -0.0667.